The van der Waals surface area contributed by atoms with Crippen LogP contribution in [0.5, 0.6) is 5.75 Å². The fourth-order valence-electron chi connectivity index (χ4n) is 2.06. The second-order valence-corrected chi connectivity index (χ2v) is 5.88. The van der Waals surface area contributed by atoms with Crippen LogP contribution in [0.2, 0.25) is 0 Å². The molecule has 2 heterocycles. The molecule has 8 heteroatoms. The number of aliphatic hydroxyl groups is 1. The highest BCUT2D eigenvalue weighted by Crippen LogP contribution is 2.30. The third kappa shape index (κ3) is 3.65. The Morgan fingerprint density at radius 1 is 1.65 bits per heavy atom. The van der Waals surface area contributed by atoms with E-state index in [1.807, 2.05) is 0 Å². The number of aliphatic hydroxyl groups excluding tert-OH is 1. The number of β-amino-alcohol motifs (C(OH)–C–C–N with tert-alkyl or cyclic N) is 1. The van der Waals surface area contributed by atoms with Crippen LogP contribution in [0.25, 0.3) is 0 Å². The van der Waals surface area contributed by atoms with Gasteiger partial charge in [0.25, 0.3) is 5.91 Å². The first kappa shape index (κ1) is 15.1. The molecule has 112 valence electrons. The molecule has 0 radical (unpaired) electrons. The predicted molar refractivity (Wildman–Crippen MR) is 70.4 cm³/mol. The molecule has 0 spiro atoms. The van der Waals surface area contributed by atoms with Crippen molar-refractivity contribution >= 4 is 17.2 Å². The average Bonchev–Trinajstić information content (AvgIpc) is 2.92. The second-order valence-electron chi connectivity index (χ2n) is 4.62. The third-order valence-corrected chi connectivity index (χ3v) is 4.10. The van der Waals surface area contributed by atoms with Crippen molar-refractivity contribution < 1.29 is 23.4 Å². The normalized spacial score (nSPS) is 22.2. The Morgan fingerprint density at radius 3 is 3.00 bits per heavy atom. The van der Waals surface area contributed by atoms with E-state index in [1.54, 1.807) is 6.92 Å². The maximum absolute atomic E-state index is 12.3. The van der Waals surface area contributed by atoms with Crippen LogP contribution in [0.3, 0.4) is 0 Å². The predicted octanol–water partition coefficient (Wildman–Crippen LogP) is 0.968. The Balaban J connectivity index is 1.98. The topological polar surface area (TPSA) is 70.6 Å². The molecule has 5 nitrogen and oxygen atoms in total. The van der Waals surface area contributed by atoms with Gasteiger partial charge in [-0.05, 0) is 13.0 Å². The van der Waals surface area contributed by atoms with Crippen LogP contribution in [0, 0.1) is 12.8 Å². The van der Waals surface area contributed by atoms with Gasteiger partial charge in [-0.25, -0.2) is 0 Å². The van der Waals surface area contributed by atoms with E-state index in [9.17, 15) is 18.7 Å². The number of thiophene rings is 1. The summed E-state index contributed by atoms with van der Waals surface area (Å²) in [6.45, 7) is 0.156. The van der Waals surface area contributed by atoms with Gasteiger partial charge < -0.3 is 20.5 Å². The summed E-state index contributed by atoms with van der Waals surface area (Å²) in [7, 11) is 0. The highest BCUT2D eigenvalue weighted by Gasteiger charge is 2.26. The molecule has 3 N–H and O–H groups in total. The van der Waals surface area contributed by atoms with Crippen molar-refractivity contribution in [3.63, 3.8) is 0 Å². The zero-order valence-electron chi connectivity index (χ0n) is 10.9. The zero-order chi connectivity index (χ0) is 14.7. The van der Waals surface area contributed by atoms with Crippen molar-refractivity contribution in [2.75, 3.05) is 19.6 Å². The van der Waals surface area contributed by atoms with Crippen LogP contribution in [0.1, 0.15) is 14.5 Å². The van der Waals surface area contributed by atoms with Gasteiger partial charge in [-0.3, -0.25) is 4.79 Å². The first-order valence-electron chi connectivity index (χ1n) is 6.19. The van der Waals surface area contributed by atoms with Gasteiger partial charge >= 0.3 is 6.61 Å². The van der Waals surface area contributed by atoms with Crippen LogP contribution >= 0.6 is 11.3 Å². The number of halogens is 2. The minimum absolute atomic E-state index is 0.0699. The van der Waals surface area contributed by atoms with Gasteiger partial charge in [-0.1, -0.05) is 0 Å². The van der Waals surface area contributed by atoms with Crippen LogP contribution in [0.4, 0.5) is 8.78 Å². The zero-order valence-corrected chi connectivity index (χ0v) is 11.7. The Bertz CT molecular complexity index is 481. The van der Waals surface area contributed by atoms with E-state index in [0.29, 0.717) is 18.0 Å². The van der Waals surface area contributed by atoms with Gasteiger partial charge in [-0.15, -0.1) is 11.3 Å². The first-order valence-corrected chi connectivity index (χ1v) is 7.01. The van der Waals surface area contributed by atoms with E-state index in [4.69, 9.17) is 0 Å². The summed E-state index contributed by atoms with van der Waals surface area (Å²) in [6.07, 6.45) is -0.503. The van der Waals surface area contributed by atoms with Crippen molar-refractivity contribution in [3.8, 4) is 5.75 Å². The number of ether oxygens (including phenoxy) is 1. The van der Waals surface area contributed by atoms with E-state index in [2.05, 4.69) is 15.4 Å². The lowest BCUT2D eigenvalue weighted by Crippen LogP contribution is -2.34. The van der Waals surface area contributed by atoms with Crippen molar-refractivity contribution in [1.29, 1.82) is 0 Å². The first-order chi connectivity index (χ1) is 9.47. The quantitative estimate of drug-likeness (QED) is 0.758. The van der Waals surface area contributed by atoms with Gasteiger partial charge in [0, 0.05) is 30.4 Å². The smallest absolute Gasteiger partial charge is 0.387 e. The molecule has 20 heavy (non-hydrogen) atoms. The van der Waals surface area contributed by atoms with E-state index in [-0.39, 0.29) is 23.1 Å². The summed E-state index contributed by atoms with van der Waals surface area (Å²) in [5.74, 6) is -0.637. The van der Waals surface area contributed by atoms with Crippen molar-refractivity contribution in [1.82, 2.24) is 10.6 Å². The van der Waals surface area contributed by atoms with Crippen LogP contribution in [-0.2, 0) is 0 Å². The summed E-state index contributed by atoms with van der Waals surface area (Å²) in [5, 5.41) is 15.3. The van der Waals surface area contributed by atoms with Crippen LogP contribution in [0.15, 0.2) is 6.07 Å². The number of nitrogens with one attached hydrogen (secondary N) is 2. The fraction of sp³-hybridized carbons (Fsp3) is 0.583. The van der Waals surface area contributed by atoms with Crippen LogP contribution in [-0.4, -0.2) is 43.4 Å². The summed E-state index contributed by atoms with van der Waals surface area (Å²) in [4.78, 5) is 12.8. The number of hydrogen-bond donors (Lipinski definition) is 3. The molecule has 2 rings (SSSR count). The molecule has 0 saturated carbocycles. The van der Waals surface area contributed by atoms with E-state index >= 15 is 0 Å². The molecule has 1 aliphatic rings. The van der Waals surface area contributed by atoms with Gasteiger partial charge in [0.2, 0.25) is 0 Å². The maximum atomic E-state index is 12.3. The average molecular weight is 306 g/mol. The highest BCUT2D eigenvalue weighted by atomic mass is 32.1. The molecule has 0 aliphatic carbocycles. The molecule has 1 fully saturated rings. The molecule has 1 aliphatic heterocycles. The largest absolute Gasteiger partial charge is 0.433 e. The van der Waals surface area contributed by atoms with Gasteiger partial charge in [0.1, 0.15) is 10.6 Å². The number of amides is 1. The Morgan fingerprint density at radius 2 is 2.40 bits per heavy atom. The number of carbonyl (C=O) groups excluding carboxylic acids is 1. The molecule has 1 saturated heterocycles. The highest BCUT2D eigenvalue weighted by molar-refractivity contribution is 7.14. The molecular weight excluding hydrogens is 290 g/mol. The molecular formula is C12H16F2N2O3S. The number of hydrogen-bond acceptors (Lipinski definition) is 5. The Kier molecular flexibility index (Phi) is 4.90. The SMILES string of the molecule is Cc1cc(OC(F)F)c(C(=O)NCC2CNCC2O)s1. The van der Waals surface area contributed by atoms with E-state index in [1.165, 1.54) is 6.07 Å². The van der Waals surface area contributed by atoms with Crippen LogP contribution < -0.4 is 15.4 Å². The maximum Gasteiger partial charge on any atom is 0.387 e. The number of carbonyl (C=O) groups is 1. The minimum atomic E-state index is -2.96. The van der Waals surface area contributed by atoms with E-state index in [0.717, 1.165) is 11.3 Å². The summed E-state index contributed by atoms with van der Waals surface area (Å²) in [6, 6.07) is 1.41. The standard InChI is InChI=1S/C12H16F2N2O3S/c1-6-2-9(19-12(13)14)10(20-6)11(18)16-4-7-3-15-5-8(7)17/h2,7-8,12,15,17H,3-5H2,1H3,(H,16,18). The summed E-state index contributed by atoms with van der Waals surface area (Å²) >= 11 is 1.10. The van der Waals surface area contributed by atoms with Gasteiger partial charge in [0.05, 0.1) is 6.10 Å². The van der Waals surface area contributed by atoms with Gasteiger partial charge in [0.15, 0.2) is 0 Å². The lowest BCUT2D eigenvalue weighted by Gasteiger charge is -2.14. The molecule has 0 aromatic carbocycles. The fourth-order valence-corrected chi connectivity index (χ4v) is 2.92. The third-order valence-electron chi connectivity index (χ3n) is 3.07. The second kappa shape index (κ2) is 6.47. The lowest BCUT2D eigenvalue weighted by molar-refractivity contribution is -0.0498. The lowest BCUT2D eigenvalue weighted by atomic mass is 10.1. The monoisotopic (exact) mass is 306 g/mol. The molecule has 2 unspecified atom stereocenters. The Hall–Kier alpha value is -1.25. The minimum Gasteiger partial charge on any atom is -0.433 e. The molecule has 1 amide bonds. The molecule has 1 aromatic rings. The molecule has 2 atom stereocenters. The van der Waals surface area contributed by atoms with Gasteiger partial charge in [-0.2, -0.15) is 8.78 Å². The summed E-state index contributed by atoms with van der Waals surface area (Å²) in [5.41, 5.74) is 0. The number of alkyl halides is 2. The summed E-state index contributed by atoms with van der Waals surface area (Å²) < 4.78 is 28.9. The number of rotatable bonds is 5. The van der Waals surface area contributed by atoms with E-state index < -0.39 is 18.6 Å². The van der Waals surface area contributed by atoms with Crippen molar-refractivity contribution in [2.24, 2.45) is 5.92 Å². The molecule has 0 bridgehead atoms. The Labute approximate surface area is 118 Å². The van der Waals surface area contributed by atoms with Crippen molar-refractivity contribution in [3.05, 3.63) is 15.8 Å². The van der Waals surface area contributed by atoms with Crippen molar-refractivity contribution in [2.45, 2.75) is 19.6 Å². The number of aryl methyl sites for hydroxylation is 1. The molecule has 1 aromatic heterocycles.